The van der Waals surface area contributed by atoms with Crippen molar-refractivity contribution in [2.75, 3.05) is 31.6 Å². The lowest BCUT2D eigenvalue weighted by Crippen LogP contribution is -2.32. The number of benzene rings is 1. The lowest BCUT2D eigenvalue weighted by molar-refractivity contribution is 0.360. The first-order valence-corrected chi connectivity index (χ1v) is 7.64. The highest BCUT2D eigenvalue weighted by atomic mass is 79.9. The standard InChI is InChI=1S/C15H23BrN2/c1-12-5-6-14(10-15(12)16)18(2)9-7-13-4-3-8-17-11-13/h5-6,10,13,17H,3-4,7-9,11H2,1-2H3. The normalized spacial score (nSPS) is 19.8. The number of aryl methyl sites for hydroxylation is 1. The van der Waals surface area contributed by atoms with E-state index in [4.69, 9.17) is 0 Å². The van der Waals surface area contributed by atoms with Gasteiger partial charge in [-0.1, -0.05) is 22.0 Å². The SMILES string of the molecule is Cc1ccc(N(C)CCC2CCCNC2)cc1Br. The maximum absolute atomic E-state index is 3.61. The highest BCUT2D eigenvalue weighted by Gasteiger charge is 2.13. The van der Waals surface area contributed by atoms with Crippen LogP contribution in [-0.2, 0) is 0 Å². The molecular formula is C15H23BrN2. The fourth-order valence-electron chi connectivity index (χ4n) is 2.49. The summed E-state index contributed by atoms with van der Waals surface area (Å²) in [5.41, 5.74) is 2.60. The van der Waals surface area contributed by atoms with Gasteiger partial charge < -0.3 is 10.2 Å². The average Bonchev–Trinajstić information content (AvgIpc) is 2.40. The van der Waals surface area contributed by atoms with Crippen molar-refractivity contribution in [3.8, 4) is 0 Å². The van der Waals surface area contributed by atoms with E-state index in [1.807, 2.05) is 0 Å². The van der Waals surface area contributed by atoms with Crippen LogP contribution in [0.5, 0.6) is 0 Å². The Morgan fingerprint density at radius 2 is 2.28 bits per heavy atom. The van der Waals surface area contributed by atoms with Crippen molar-refractivity contribution in [2.45, 2.75) is 26.2 Å². The third kappa shape index (κ3) is 3.72. The summed E-state index contributed by atoms with van der Waals surface area (Å²) in [4.78, 5) is 2.36. The molecule has 1 fully saturated rings. The van der Waals surface area contributed by atoms with Crippen molar-refractivity contribution in [3.05, 3.63) is 28.2 Å². The van der Waals surface area contributed by atoms with Crippen molar-refractivity contribution >= 4 is 21.6 Å². The topological polar surface area (TPSA) is 15.3 Å². The van der Waals surface area contributed by atoms with Gasteiger partial charge in [0.25, 0.3) is 0 Å². The molecule has 1 N–H and O–H groups in total. The third-order valence-electron chi connectivity index (χ3n) is 3.87. The Labute approximate surface area is 119 Å². The first kappa shape index (κ1) is 13.9. The number of hydrogen-bond acceptors (Lipinski definition) is 2. The van der Waals surface area contributed by atoms with Gasteiger partial charge in [0.2, 0.25) is 0 Å². The molecule has 1 saturated heterocycles. The highest BCUT2D eigenvalue weighted by Crippen LogP contribution is 2.24. The lowest BCUT2D eigenvalue weighted by Gasteiger charge is -2.26. The summed E-state index contributed by atoms with van der Waals surface area (Å²) in [6, 6.07) is 6.60. The zero-order valence-electron chi connectivity index (χ0n) is 11.4. The first-order valence-electron chi connectivity index (χ1n) is 6.85. The van der Waals surface area contributed by atoms with E-state index < -0.39 is 0 Å². The van der Waals surface area contributed by atoms with Gasteiger partial charge in [-0.15, -0.1) is 0 Å². The van der Waals surface area contributed by atoms with Crippen molar-refractivity contribution < 1.29 is 0 Å². The Morgan fingerprint density at radius 1 is 1.44 bits per heavy atom. The Balaban J connectivity index is 1.86. The second-order valence-corrected chi connectivity index (χ2v) is 6.21. The Morgan fingerprint density at radius 3 is 2.94 bits per heavy atom. The molecule has 0 saturated carbocycles. The lowest BCUT2D eigenvalue weighted by atomic mass is 9.96. The minimum atomic E-state index is 0.857. The molecule has 1 atom stereocenters. The van der Waals surface area contributed by atoms with Gasteiger partial charge in [0.15, 0.2) is 0 Å². The quantitative estimate of drug-likeness (QED) is 0.914. The van der Waals surface area contributed by atoms with E-state index in [-0.39, 0.29) is 0 Å². The van der Waals surface area contributed by atoms with Gasteiger partial charge in [0, 0.05) is 23.8 Å². The van der Waals surface area contributed by atoms with Crippen LogP contribution in [-0.4, -0.2) is 26.7 Å². The Kier molecular flexibility index (Phi) is 5.07. The van der Waals surface area contributed by atoms with E-state index in [9.17, 15) is 0 Å². The number of anilines is 1. The van der Waals surface area contributed by atoms with Crippen LogP contribution in [0.2, 0.25) is 0 Å². The molecule has 18 heavy (non-hydrogen) atoms. The molecule has 100 valence electrons. The smallest absolute Gasteiger partial charge is 0.0375 e. The van der Waals surface area contributed by atoms with Crippen LogP contribution < -0.4 is 10.2 Å². The first-order chi connectivity index (χ1) is 8.66. The number of nitrogens with zero attached hydrogens (tertiary/aromatic N) is 1. The van der Waals surface area contributed by atoms with E-state index in [0.29, 0.717) is 0 Å². The average molecular weight is 311 g/mol. The molecule has 0 aliphatic carbocycles. The summed E-state index contributed by atoms with van der Waals surface area (Å²) < 4.78 is 1.20. The molecule has 1 heterocycles. The maximum Gasteiger partial charge on any atom is 0.0375 e. The summed E-state index contributed by atoms with van der Waals surface area (Å²) >= 11 is 3.61. The van der Waals surface area contributed by atoms with Gasteiger partial charge >= 0.3 is 0 Å². The Hall–Kier alpha value is -0.540. The summed E-state index contributed by atoms with van der Waals surface area (Å²) in [6.07, 6.45) is 4.01. The fourth-order valence-corrected chi connectivity index (χ4v) is 2.86. The van der Waals surface area contributed by atoms with Crippen LogP contribution in [0.1, 0.15) is 24.8 Å². The summed E-state index contributed by atoms with van der Waals surface area (Å²) in [7, 11) is 2.19. The molecule has 0 aromatic heterocycles. The number of halogens is 1. The predicted molar refractivity (Wildman–Crippen MR) is 82.4 cm³/mol. The molecule has 0 spiro atoms. The molecular weight excluding hydrogens is 288 g/mol. The molecule has 3 heteroatoms. The highest BCUT2D eigenvalue weighted by molar-refractivity contribution is 9.10. The number of nitrogens with one attached hydrogen (secondary N) is 1. The molecule has 1 unspecified atom stereocenters. The van der Waals surface area contributed by atoms with Crippen LogP contribution in [0, 0.1) is 12.8 Å². The van der Waals surface area contributed by atoms with Crippen molar-refractivity contribution in [3.63, 3.8) is 0 Å². The van der Waals surface area contributed by atoms with Gasteiger partial charge in [0.05, 0.1) is 0 Å². The zero-order chi connectivity index (χ0) is 13.0. The molecule has 0 amide bonds. The summed E-state index contributed by atoms with van der Waals surface area (Å²) in [5.74, 6) is 0.857. The molecule has 1 aromatic carbocycles. The Bertz CT molecular complexity index is 386. The fraction of sp³-hybridized carbons (Fsp3) is 0.600. The van der Waals surface area contributed by atoms with E-state index in [1.165, 1.54) is 48.1 Å². The largest absolute Gasteiger partial charge is 0.375 e. The predicted octanol–water partition coefficient (Wildman–Crippen LogP) is 3.58. The van der Waals surface area contributed by atoms with Crippen molar-refractivity contribution in [2.24, 2.45) is 5.92 Å². The van der Waals surface area contributed by atoms with Gasteiger partial charge in [0.1, 0.15) is 0 Å². The number of hydrogen-bond donors (Lipinski definition) is 1. The van der Waals surface area contributed by atoms with Gasteiger partial charge in [-0.2, -0.15) is 0 Å². The monoisotopic (exact) mass is 310 g/mol. The second kappa shape index (κ2) is 6.58. The van der Waals surface area contributed by atoms with E-state index in [0.717, 1.165) is 12.5 Å². The van der Waals surface area contributed by atoms with Crippen molar-refractivity contribution in [1.29, 1.82) is 0 Å². The third-order valence-corrected chi connectivity index (χ3v) is 4.72. The molecule has 0 radical (unpaired) electrons. The molecule has 0 bridgehead atoms. The van der Waals surface area contributed by atoms with E-state index in [1.54, 1.807) is 0 Å². The van der Waals surface area contributed by atoms with E-state index >= 15 is 0 Å². The van der Waals surface area contributed by atoms with Crippen LogP contribution in [0.25, 0.3) is 0 Å². The molecule has 1 aromatic rings. The minimum Gasteiger partial charge on any atom is -0.375 e. The van der Waals surface area contributed by atoms with Crippen LogP contribution in [0.4, 0.5) is 5.69 Å². The van der Waals surface area contributed by atoms with Gasteiger partial charge in [-0.25, -0.2) is 0 Å². The zero-order valence-corrected chi connectivity index (χ0v) is 13.0. The molecule has 2 nitrogen and oxygen atoms in total. The maximum atomic E-state index is 3.61. The summed E-state index contributed by atoms with van der Waals surface area (Å²) in [6.45, 7) is 5.67. The number of rotatable bonds is 4. The van der Waals surface area contributed by atoms with Crippen LogP contribution >= 0.6 is 15.9 Å². The molecule has 1 aliphatic rings. The second-order valence-electron chi connectivity index (χ2n) is 5.36. The van der Waals surface area contributed by atoms with Crippen molar-refractivity contribution in [1.82, 2.24) is 5.32 Å². The number of piperidine rings is 1. The van der Waals surface area contributed by atoms with Crippen LogP contribution in [0.15, 0.2) is 22.7 Å². The molecule has 2 rings (SSSR count). The van der Waals surface area contributed by atoms with Crippen LogP contribution in [0.3, 0.4) is 0 Å². The van der Waals surface area contributed by atoms with E-state index in [2.05, 4.69) is 58.3 Å². The summed E-state index contributed by atoms with van der Waals surface area (Å²) in [5, 5.41) is 3.49. The minimum absolute atomic E-state index is 0.857. The van der Waals surface area contributed by atoms with Gasteiger partial charge in [-0.05, 0) is 62.9 Å². The van der Waals surface area contributed by atoms with Gasteiger partial charge in [-0.3, -0.25) is 0 Å². The molecule has 1 aliphatic heterocycles.